The Hall–Kier alpha value is -3.00. The number of aromatic nitrogens is 6. The average Bonchev–Trinajstić information content (AvgIpc) is 3.18. The Morgan fingerprint density at radius 2 is 2.09 bits per heavy atom. The number of anilines is 1. The third-order valence-electron chi connectivity index (χ3n) is 3.40. The Balaban J connectivity index is 1.94. The molecule has 0 aliphatic rings. The molecular formula is C14H14N7O+. The minimum Gasteiger partial charge on any atom is -0.395 e. The monoisotopic (exact) mass is 296 g/mol. The molecule has 22 heavy (non-hydrogen) atoms. The average molecular weight is 296 g/mol. The van der Waals surface area contributed by atoms with E-state index in [0.717, 1.165) is 16.6 Å². The van der Waals surface area contributed by atoms with E-state index < -0.39 is 0 Å². The molecule has 0 saturated carbocycles. The molecule has 8 heteroatoms. The van der Waals surface area contributed by atoms with E-state index in [1.165, 1.54) is 0 Å². The Morgan fingerprint density at radius 1 is 1.18 bits per heavy atom. The maximum absolute atomic E-state index is 8.95. The van der Waals surface area contributed by atoms with Gasteiger partial charge in [-0.25, -0.2) is 4.98 Å². The van der Waals surface area contributed by atoms with Gasteiger partial charge in [0.15, 0.2) is 17.5 Å². The predicted molar refractivity (Wildman–Crippen MR) is 80.6 cm³/mol. The summed E-state index contributed by atoms with van der Waals surface area (Å²) in [5.41, 5.74) is 3.34. The van der Waals surface area contributed by atoms with Crippen molar-refractivity contribution in [2.45, 2.75) is 0 Å². The van der Waals surface area contributed by atoms with E-state index in [1.54, 1.807) is 6.33 Å². The first-order valence-corrected chi connectivity index (χ1v) is 6.91. The van der Waals surface area contributed by atoms with Crippen LogP contribution in [-0.4, -0.2) is 43.2 Å². The molecule has 8 nitrogen and oxygen atoms in total. The smallest absolute Gasteiger partial charge is 0.302 e. The molecule has 3 heterocycles. The van der Waals surface area contributed by atoms with Gasteiger partial charge in [0.2, 0.25) is 0 Å². The van der Waals surface area contributed by atoms with E-state index in [-0.39, 0.29) is 6.61 Å². The molecule has 0 atom stereocenters. The maximum atomic E-state index is 8.95. The lowest BCUT2D eigenvalue weighted by atomic mass is 10.3. The number of aliphatic hydroxyl groups excluding tert-OH is 1. The number of hydrogen-bond acceptors (Lipinski definition) is 5. The van der Waals surface area contributed by atoms with E-state index in [9.17, 15) is 0 Å². The van der Waals surface area contributed by atoms with Crippen LogP contribution in [0.1, 0.15) is 0 Å². The van der Waals surface area contributed by atoms with Crippen molar-refractivity contribution >= 4 is 28.1 Å². The molecule has 1 aromatic carbocycles. The van der Waals surface area contributed by atoms with Crippen molar-refractivity contribution in [3.05, 3.63) is 36.9 Å². The van der Waals surface area contributed by atoms with Gasteiger partial charge in [0.25, 0.3) is 5.82 Å². The summed E-state index contributed by atoms with van der Waals surface area (Å²) in [6.45, 7) is 0.394. The van der Waals surface area contributed by atoms with Crippen LogP contribution in [0.2, 0.25) is 0 Å². The second-order valence-corrected chi connectivity index (χ2v) is 4.78. The van der Waals surface area contributed by atoms with E-state index in [4.69, 9.17) is 5.11 Å². The number of imidazole rings is 2. The van der Waals surface area contributed by atoms with E-state index >= 15 is 0 Å². The van der Waals surface area contributed by atoms with E-state index in [2.05, 4.69) is 30.2 Å². The Kier molecular flexibility index (Phi) is 2.94. The standard InChI is InChI=1S/C14H13N7O/c22-6-5-15-14-19-12-11(16-7-17-12)13(20-14)21-8-18-9-3-1-2-4-10(9)21/h1-4,7-8,22H,5-6H2,(H2,15,16,17,19,20)/p+1. The number of aliphatic hydroxyl groups is 1. The number of hydrogen-bond donors (Lipinski definition) is 4. The molecule has 0 aliphatic carbocycles. The van der Waals surface area contributed by atoms with Crippen molar-refractivity contribution in [3.8, 4) is 5.82 Å². The normalized spacial score (nSPS) is 11.3. The molecule has 0 unspecified atom stereocenters. The maximum Gasteiger partial charge on any atom is 0.302 e. The van der Waals surface area contributed by atoms with Gasteiger partial charge >= 0.3 is 5.95 Å². The van der Waals surface area contributed by atoms with Crippen molar-refractivity contribution in [2.24, 2.45) is 0 Å². The lowest BCUT2D eigenvalue weighted by molar-refractivity contribution is -0.569. The van der Waals surface area contributed by atoms with Gasteiger partial charge in [0, 0.05) is 6.54 Å². The summed E-state index contributed by atoms with van der Waals surface area (Å²) in [5.74, 6) is 1.13. The molecule has 0 saturated heterocycles. The van der Waals surface area contributed by atoms with Crippen LogP contribution < -0.4 is 9.88 Å². The van der Waals surface area contributed by atoms with Crippen LogP contribution in [-0.2, 0) is 0 Å². The van der Waals surface area contributed by atoms with Crippen molar-refractivity contribution < 1.29 is 9.67 Å². The topological polar surface area (TPSA) is 106 Å². The largest absolute Gasteiger partial charge is 0.395 e. The van der Waals surface area contributed by atoms with Crippen molar-refractivity contribution in [3.63, 3.8) is 0 Å². The van der Waals surface area contributed by atoms with Crippen LogP contribution in [0.4, 0.5) is 5.95 Å². The minimum atomic E-state index is 0.0114. The summed E-state index contributed by atoms with van der Waals surface area (Å²) in [5, 5.41) is 11.9. The summed E-state index contributed by atoms with van der Waals surface area (Å²) < 4.78 is 1.95. The van der Waals surface area contributed by atoms with Gasteiger partial charge in [-0.3, -0.25) is 4.98 Å². The number of nitrogens with zero attached hydrogens (tertiary/aromatic N) is 4. The summed E-state index contributed by atoms with van der Waals surface area (Å²) in [4.78, 5) is 19.4. The zero-order valence-corrected chi connectivity index (χ0v) is 11.6. The van der Waals surface area contributed by atoms with Gasteiger partial charge in [-0.05, 0) is 12.1 Å². The fourth-order valence-electron chi connectivity index (χ4n) is 2.42. The first-order chi connectivity index (χ1) is 10.9. The fraction of sp³-hybridized carbons (Fsp3) is 0.143. The molecule has 0 radical (unpaired) electrons. The zero-order chi connectivity index (χ0) is 14.9. The van der Waals surface area contributed by atoms with Crippen molar-refractivity contribution in [2.75, 3.05) is 18.5 Å². The van der Waals surface area contributed by atoms with Crippen LogP contribution in [0.3, 0.4) is 0 Å². The van der Waals surface area contributed by atoms with Crippen LogP contribution in [0.5, 0.6) is 0 Å². The number of fused-ring (bicyclic) bond motifs is 2. The predicted octanol–water partition coefficient (Wildman–Crippen LogP) is 0.515. The second kappa shape index (κ2) is 5.08. The number of aromatic amines is 2. The number of benzene rings is 1. The lowest BCUT2D eigenvalue weighted by Crippen LogP contribution is -2.31. The highest BCUT2D eigenvalue weighted by Gasteiger charge is 2.20. The highest BCUT2D eigenvalue weighted by Crippen LogP contribution is 2.16. The molecule has 4 N–H and O–H groups in total. The molecule has 4 aromatic rings. The molecule has 4 rings (SSSR count). The fourth-order valence-corrected chi connectivity index (χ4v) is 2.42. The Labute approximate surface area is 124 Å². The molecule has 0 bridgehead atoms. The molecule has 3 aromatic heterocycles. The highest BCUT2D eigenvalue weighted by molar-refractivity contribution is 5.79. The molecule has 0 spiro atoms. The molecule has 0 aliphatic heterocycles. The number of para-hydroxylation sites is 2. The van der Waals surface area contributed by atoms with Gasteiger partial charge in [0.1, 0.15) is 11.0 Å². The quantitative estimate of drug-likeness (QED) is 0.411. The van der Waals surface area contributed by atoms with Crippen LogP contribution in [0.25, 0.3) is 28.0 Å². The first kappa shape index (κ1) is 12.7. The van der Waals surface area contributed by atoms with Gasteiger partial charge < -0.3 is 15.4 Å². The van der Waals surface area contributed by atoms with Gasteiger partial charge in [0.05, 0.1) is 12.9 Å². The Bertz CT molecular complexity index is 943. The first-order valence-electron chi connectivity index (χ1n) is 6.91. The van der Waals surface area contributed by atoms with Crippen molar-refractivity contribution in [1.82, 2.24) is 24.9 Å². The number of nitrogens with one attached hydrogen (secondary N) is 3. The molecule has 110 valence electrons. The van der Waals surface area contributed by atoms with Crippen LogP contribution in [0, 0.1) is 0 Å². The SMILES string of the molecule is OCCNc1nc(-[n+]2c[nH]c3ccccc32)c2[nH]cnc2n1. The third kappa shape index (κ3) is 1.97. The number of rotatable bonds is 4. The molecule has 0 amide bonds. The highest BCUT2D eigenvalue weighted by atomic mass is 16.3. The second-order valence-electron chi connectivity index (χ2n) is 4.78. The molecule has 0 fully saturated rings. The van der Waals surface area contributed by atoms with Crippen LogP contribution >= 0.6 is 0 Å². The Morgan fingerprint density at radius 3 is 3.00 bits per heavy atom. The van der Waals surface area contributed by atoms with Crippen molar-refractivity contribution in [1.29, 1.82) is 0 Å². The van der Waals surface area contributed by atoms with Gasteiger partial charge in [-0.15, -0.1) is 0 Å². The third-order valence-corrected chi connectivity index (χ3v) is 3.40. The molecular weight excluding hydrogens is 282 g/mol. The number of H-pyrrole nitrogens is 2. The summed E-state index contributed by atoms with van der Waals surface area (Å²) >= 11 is 0. The van der Waals surface area contributed by atoms with E-state index in [0.29, 0.717) is 24.0 Å². The summed E-state index contributed by atoms with van der Waals surface area (Å²) in [7, 11) is 0. The van der Waals surface area contributed by atoms with Gasteiger partial charge in [-0.2, -0.15) is 9.55 Å². The van der Waals surface area contributed by atoms with E-state index in [1.807, 2.05) is 35.2 Å². The van der Waals surface area contributed by atoms with Crippen LogP contribution in [0.15, 0.2) is 36.9 Å². The van der Waals surface area contributed by atoms with Gasteiger partial charge in [-0.1, -0.05) is 17.1 Å². The minimum absolute atomic E-state index is 0.0114. The zero-order valence-electron chi connectivity index (χ0n) is 11.6. The summed E-state index contributed by atoms with van der Waals surface area (Å²) in [6.07, 6.45) is 3.44. The summed E-state index contributed by atoms with van der Waals surface area (Å²) in [6, 6.07) is 7.96. The lowest BCUT2D eigenvalue weighted by Gasteiger charge is -2.02.